The third-order valence-corrected chi connectivity index (χ3v) is 3.45. The Morgan fingerprint density at radius 2 is 0.765 bits per heavy atom. The normalized spacial score (nSPS) is 20.8. The third kappa shape index (κ3) is 13.1. The van der Waals surface area contributed by atoms with Crippen LogP contribution in [-0.2, 0) is 25.8 Å². The molecule has 0 saturated heterocycles. The fourth-order valence-electron chi connectivity index (χ4n) is 2.37. The summed E-state index contributed by atoms with van der Waals surface area (Å²) in [5, 5.41) is 0. The SMILES string of the molecule is [CH2-]C1CCCCC1.[CH2-]C1CCCCC1.[CH3-].[CH3-].[Hf+4]. The molecule has 0 nitrogen and oxygen atoms in total. The van der Waals surface area contributed by atoms with Crippen molar-refractivity contribution in [2.45, 2.75) is 64.2 Å². The minimum atomic E-state index is 0. The van der Waals surface area contributed by atoms with E-state index < -0.39 is 0 Å². The van der Waals surface area contributed by atoms with Gasteiger partial charge in [0.25, 0.3) is 0 Å². The molecule has 0 aromatic carbocycles. The minimum absolute atomic E-state index is 0. The van der Waals surface area contributed by atoms with Crippen LogP contribution < -0.4 is 0 Å². The second-order valence-corrected chi connectivity index (χ2v) is 5.01. The predicted octanol–water partition coefficient (Wildman–Crippen LogP) is 5.70. The van der Waals surface area contributed by atoms with Crippen molar-refractivity contribution in [1.82, 2.24) is 0 Å². The number of hydrogen-bond acceptors (Lipinski definition) is 0. The van der Waals surface area contributed by atoms with Crippen molar-refractivity contribution in [3.05, 3.63) is 28.7 Å². The molecule has 2 aliphatic rings. The van der Waals surface area contributed by atoms with Gasteiger partial charge in [0.2, 0.25) is 0 Å². The molecule has 0 aliphatic heterocycles. The summed E-state index contributed by atoms with van der Waals surface area (Å²) in [5.41, 5.74) is 0. The van der Waals surface area contributed by atoms with Crippen LogP contribution in [0.15, 0.2) is 0 Å². The van der Waals surface area contributed by atoms with Gasteiger partial charge < -0.3 is 28.7 Å². The van der Waals surface area contributed by atoms with Crippen LogP contribution in [0.25, 0.3) is 0 Å². The Morgan fingerprint density at radius 3 is 0.882 bits per heavy atom. The summed E-state index contributed by atoms with van der Waals surface area (Å²) in [6.45, 7) is 8.00. The van der Waals surface area contributed by atoms with Gasteiger partial charge in [-0.1, -0.05) is 64.2 Å². The van der Waals surface area contributed by atoms with Crippen molar-refractivity contribution in [2.75, 3.05) is 0 Å². The molecule has 0 bridgehead atoms. The third-order valence-electron chi connectivity index (χ3n) is 3.45. The van der Waals surface area contributed by atoms with Gasteiger partial charge in [0.15, 0.2) is 0 Å². The molecule has 0 amide bonds. The molecular weight excluding hydrogens is 371 g/mol. The van der Waals surface area contributed by atoms with Crippen molar-refractivity contribution >= 4 is 0 Å². The van der Waals surface area contributed by atoms with E-state index in [9.17, 15) is 0 Å². The van der Waals surface area contributed by atoms with Gasteiger partial charge in [0.1, 0.15) is 0 Å². The molecule has 2 aliphatic carbocycles. The fourth-order valence-corrected chi connectivity index (χ4v) is 2.37. The Kier molecular flexibility index (Phi) is 20.2. The van der Waals surface area contributed by atoms with Gasteiger partial charge >= 0.3 is 25.8 Å². The summed E-state index contributed by atoms with van der Waals surface area (Å²) in [5.74, 6) is 1.57. The molecule has 0 aromatic heterocycles. The summed E-state index contributed by atoms with van der Waals surface area (Å²) in [7, 11) is 0. The summed E-state index contributed by atoms with van der Waals surface area (Å²) in [6.07, 6.45) is 14.1. The maximum Gasteiger partial charge on any atom is 4.00 e. The Labute approximate surface area is 130 Å². The first-order valence-electron chi connectivity index (χ1n) is 6.45. The number of hydrogen-bond donors (Lipinski definition) is 0. The summed E-state index contributed by atoms with van der Waals surface area (Å²) in [6, 6.07) is 0. The first-order chi connectivity index (χ1) is 6.79. The van der Waals surface area contributed by atoms with Crippen molar-refractivity contribution < 1.29 is 25.8 Å². The zero-order valence-corrected chi connectivity index (χ0v) is 15.7. The number of rotatable bonds is 0. The van der Waals surface area contributed by atoms with Crippen LogP contribution in [0.5, 0.6) is 0 Å². The van der Waals surface area contributed by atoms with E-state index in [2.05, 4.69) is 13.8 Å². The van der Waals surface area contributed by atoms with Gasteiger partial charge in [0.05, 0.1) is 0 Å². The molecule has 0 spiro atoms. The molecular formula is C16H32Hf. The van der Waals surface area contributed by atoms with E-state index in [-0.39, 0.29) is 40.7 Å². The van der Waals surface area contributed by atoms with E-state index in [0.717, 1.165) is 11.8 Å². The van der Waals surface area contributed by atoms with E-state index in [1.807, 2.05) is 0 Å². The molecule has 1 heteroatoms. The minimum Gasteiger partial charge on any atom is -0.358 e. The second kappa shape index (κ2) is 14.9. The quantitative estimate of drug-likeness (QED) is 0.360. The average Bonchev–Trinajstić information content (AvgIpc) is 2.21. The molecule has 0 atom stereocenters. The van der Waals surface area contributed by atoms with Crippen LogP contribution >= 0.6 is 0 Å². The second-order valence-electron chi connectivity index (χ2n) is 5.01. The van der Waals surface area contributed by atoms with Crippen molar-refractivity contribution in [3.63, 3.8) is 0 Å². The first-order valence-corrected chi connectivity index (χ1v) is 6.45. The van der Waals surface area contributed by atoms with Crippen molar-refractivity contribution in [1.29, 1.82) is 0 Å². The van der Waals surface area contributed by atoms with Crippen LogP contribution in [0.2, 0.25) is 0 Å². The molecule has 100 valence electrons. The van der Waals surface area contributed by atoms with Gasteiger partial charge in [-0.25, -0.2) is 0 Å². The first kappa shape index (κ1) is 23.0. The maximum absolute atomic E-state index is 4.00. The van der Waals surface area contributed by atoms with E-state index in [1.54, 1.807) is 0 Å². The standard InChI is InChI=1S/2C7H13.2CH3.Hf/c2*1-7-5-3-2-4-6-7;;;/h2*7H,1-6H2;2*1H3;/q4*-1;+4. The van der Waals surface area contributed by atoms with Gasteiger partial charge in [-0.05, 0) is 0 Å². The fraction of sp³-hybridized carbons (Fsp3) is 0.750. The molecule has 0 N–H and O–H groups in total. The Hall–Kier alpha value is 0.870. The summed E-state index contributed by atoms with van der Waals surface area (Å²) >= 11 is 0. The van der Waals surface area contributed by atoms with Crippen molar-refractivity contribution in [2.24, 2.45) is 11.8 Å². The van der Waals surface area contributed by atoms with E-state index in [4.69, 9.17) is 0 Å². The van der Waals surface area contributed by atoms with Gasteiger partial charge in [-0.2, -0.15) is 11.8 Å². The predicted molar refractivity (Wildman–Crippen MR) is 76.7 cm³/mol. The molecule has 0 heterocycles. The van der Waals surface area contributed by atoms with Gasteiger partial charge in [0, 0.05) is 0 Å². The van der Waals surface area contributed by atoms with Gasteiger partial charge in [-0.15, -0.1) is 0 Å². The molecule has 2 rings (SSSR count). The molecule has 0 aromatic rings. The van der Waals surface area contributed by atoms with Crippen LogP contribution in [0.4, 0.5) is 0 Å². The largest absolute Gasteiger partial charge is 4.00 e. The monoisotopic (exact) mass is 404 g/mol. The van der Waals surface area contributed by atoms with Crippen molar-refractivity contribution in [3.8, 4) is 0 Å². The average molecular weight is 403 g/mol. The topological polar surface area (TPSA) is 0 Å². The van der Waals surface area contributed by atoms with E-state index in [1.165, 1.54) is 64.2 Å². The molecule has 0 radical (unpaired) electrons. The molecule has 17 heavy (non-hydrogen) atoms. The smallest absolute Gasteiger partial charge is 0.358 e. The molecule has 2 fully saturated rings. The van der Waals surface area contributed by atoms with Gasteiger partial charge in [-0.3, -0.25) is 0 Å². The molecule has 0 unspecified atom stereocenters. The van der Waals surface area contributed by atoms with Crippen LogP contribution in [0.1, 0.15) is 64.2 Å². The van der Waals surface area contributed by atoms with Crippen LogP contribution in [-0.4, -0.2) is 0 Å². The summed E-state index contributed by atoms with van der Waals surface area (Å²) in [4.78, 5) is 0. The van der Waals surface area contributed by atoms with Crippen LogP contribution in [0, 0.1) is 40.5 Å². The maximum atomic E-state index is 4.00. The van der Waals surface area contributed by atoms with E-state index >= 15 is 0 Å². The Balaban J connectivity index is -0.000000196. The summed E-state index contributed by atoms with van der Waals surface area (Å²) < 4.78 is 0. The van der Waals surface area contributed by atoms with Crippen LogP contribution in [0.3, 0.4) is 0 Å². The molecule has 2 saturated carbocycles. The Bertz CT molecular complexity index is 105. The zero-order valence-electron chi connectivity index (χ0n) is 12.1. The van der Waals surface area contributed by atoms with E-state index in [0.29, 0.717) is 0 Å². The zero-order chi connectivity index (χ0) is 10.2. The Morgan fingerprint density at radius 1 is 0.529 bits per heavy atom.